The van der Waals surface area contributed by atoms with Gasteiger partial charge in [-0.25, -0.2) is 4.79 Å². The fraction of sp³-hybridized carbons (Fsp3) is 0.500. The molecule has 1 atom stereocenters. The molecule has 18 heavy (non-hydrogen) atoms. The second-order valence-corrected chi connectivity index (χ2v) is 4.86. The number of likely N-dealkylation sites (tertiary alicyclic amines) is 1. The van der Waals surface area contributed by atoms with Gasteiger partial charge in [0.15, 0.2) is 0 Å². The van der Waals surface area contributed by atoms with Gasteiger partial charge in [-0.2, -0.15) is 0 Å². The molecule has 2 N–H and O–H groups in total. The Morgan fingerprint density at radius 1 is 1.33 bits per heavy atom. The molecule has 1 fully saturated rings. The summed E-state index contributed by atoms with van der Waals surface area (Å²) < 4.78 is 0. The summed E-state index contributed by atoms with van der Waals surface area (Å²) >= 11 is 0. The number of hydrogen-bond acceptors (Lipinski definition) is 3. The van der Waals surface area contributed by atoms with Gasteiger partial charge in [0, 0.05) is 18.3 Å². The second kappa shape index (κ2) is 5.87. The molecule has 1 aromatic rings. The van der Waals surface area contributed by atoms with E-state index in [0.717, 1.165) is 12.2 Å². The van der Waals surface area contributed by atoms with Crippen LogP contribution in [0.25, 0.3) is 0 Å². The van der Waals surface area contributed by atoms with Crippen molar-refractivity contribution in [2.75, 3.05) is 25.0 Å². The number of rotatable bonds is 5. The summed E-state index contributed by atoms with van der Waals surface area (Å²) in [7, 11) is 0. The SMILES string of the molecule is CC(CNc1ccc(C(=O)O)cc1)N1CCCC1. The fourth-order valence-electron chi connectivity index (χ4n) is 2.31. The van der Waals surface area contributed by atoms with Crippen LogP contribution in [0.15, 0.2) is 24.3 Å². The highest BCUT2D eigenvalue weighted by molar-refractivity contribution is 5.87. The van der Waals surface area contributed by atoms with E-state index in [-0.39, 0.29) is 0 Å². The molecule has 1 heterocycles. The fourth-order valence-corrected chi connectivity index (χ4v) is 2.31. The van der Waals surface area contributed by atoms with Crippen molar-refractivity contribution in [2.45, 2.75) is 25.8 Å². The Morgan fingerprint density at radius 2 is 1.94 bits per heavy atom. The summed E-state index contributed by atoms with van der Waals surface area (Å²) in [6, 6.07) is 7.42. The third-order valence-corrected chi connectivity index (χ3v) is 3.50. The molecule has 0 amide bonds. The molecule has 0 radical (unpaired) electrons. The zero-order valence-electron chi connectivity index (χ0n) is 10.7. The van der Waals surface area contributed by atoms with E-state index >= 15 is 0 Å². The topological polar surface area (TPSA) is 52.6 Å². The molecule has 0 saturated carbocycles. The molecule has 0 bridgehead atoms. The van der Waals surface area contributed by atoms with Crippen LogP contribution in [0.2, 0.25) is 0 Å². The van der Waals surface area contributed by atoms with Gasteiger partial charge in [0.25, 0.3) is 0 Å². The minimum absolute atomic E-state index is 0.327. The number of anilines is 1. The Labute approximate surface area is 108 Å². The lowest BCUT2D eigenvalue weighted by Gasteiger charge is -2.24. The zero-order chi connectivity index (χ0) is 13.0. The van der Waals surface area contributed by atoms with Crippen LogP contribution in [0.1, 0.15) is 30.1 Å². The lowest BCUT2D eigenvalue weighted by Crippen LogP contribution is -2.35. The average Bonchev–Trinajstić information content (AvgIpc) is 2.90. The van der Waals surface area contributed by atoms with E-state index < -0.39 is 5.97 Å². The average molecular weight is 248 g/mol. The first kappa shape index (κ1) is 12.9. The highest BCUT2D eigenvalue weighted by Crippen LogP contribution is 2.13. The summed E-state index contributed by atoms with van der Waals surface area (Å²) in [6.45, 7) is 5.51. The van der Waals surface area contributed by atoms with E-state index in [1.54, 1.807) is 12.1 Å². The molecule has 1 aliphatic rings. The molecule has 4 nitrogen and oxygen atoms in total. The maximum atomic E-state index is 10.7. The minimum Gasteiger partial charge on any atom is -0.478 e. The second-order valence-electron chi connectivity index (χ2n) is 4.86. The van der Waals surface area contributed by atoms with E-state index in [4.69, 9.17) is 5.11 Å². The first-order valence-corrected chi connectivity index (χ1v) is 6.48. The molecule has 98 valence electrons. The van der Waals surface area contributed by atoms with Crippen LogP contribution in [-0.4, -0.2) is 41.7 Å². The first-order chi connectivity index (χ1) is 8.66. The molecule has 1 saturated heterocycles. The van der Waals surface area contributed by atoms with Gasteiger partial charge in [0.2, 0.25) is 0 Å². The Kier molecular flexibility index (Phi) is 4.20. The maximum Gasteiger partial charge on any atom is 0.335 e. The van der Waals surface area contributed by atoms with Crippen LogP contribution in [0, 0.1) is 0 Å². The molecular formula is C14H20N2O2. The predicted molar refractivity (Wildman–Crippen MR) is 72.2 cm³/mol. The van der Waals surface area contributed by atoms with Crippen molar-refractivity contribution in [3.63, 3.8) is 0 Å². The van der Waals surface area contributed by atoms with Gasteiger partial charge in [-0.1, -0.05) is 0 Å². The lowest BCUT2D eigenvalue weighted by molar-refractivity contribution is 0.0697. The van der Waals surface area contributed by atoms with Gasteiger partial charge in [0.05, 0.1) is 5.56 Å². The molecule has 0 aliphatic carbocycles. The molecule has 1 aromatic carbocycles. The molecule has 2 rings (SSSR count). The number of hydrogen-bond donors (Lipinski definition) is 2. The summed E-state index contributed by atoms with van der Waals surface area (Å²) in [5.41, 5.74) is 1.30. The predicted octanol–water partition coefficient (Wildman–Crippen LogP) is 2.28. The number of nitrogens with one attached hydrogen (secondary N) is 1. The Bertz CT molecular complexity index is 397. The standard InChI is InChI=1S/C14H20N2O2/c1-11(16-8-2-3-9-16)10-15-13-6-4-12(5-7-13)14(17)18/h4-7,11,15H,2-3,8-10H2,1H3,(H,17,18). The number of aromatic carboxylic acids is 1. The van der Waals surface area contributed by atoms with Gasteiger partial charge >= 0.3 is 5.97 Å². The summed E-state index contributed by atoms with van der Waals surface area (Å²) in [4.78, 5) is 13.2. The minimum atomic E-state index is -0.882. The van der Waals surface area contributed by atoms with Crippen molar-refractivity contribution in [3.05, 3.63) is 29.8 Å². The molecular weight excluding hydrogens is 228 g/mol. The van der Waals surface area contributed by atoms with E-state index in [1.165, 1.54) is 25.9 Å². The number of nitrogens with zero attached hydrogens (tertiary/aromatic N) is 1. The largest absolute Gasteiger partial charge is 0.478 e. The van der Waals surface area contributed by atoms with Crippen LogP contribution < -0.4 is 5.32 Å². The van der Waals surface area contributed by atoms with Crippen molar-refractivity contribution in [3.8, 4) is 0 Å². The third kappa shape index (κ3) is 3.23. The Balaban J connectivity index is 1.84. The quantitative estimate of drug-likeness (QED) is 0.839. The number of carboxylic acids is 1. The van der Waals surface area contributed by atoms with Crippen LogP contribution in [-0.2, 0) is 0 Å². The molecule has 0 spiro atoms. The molecule has 1 aliphatic heterocycles. The van der Waals surface area contributed by atoms with Crippen molar-refractivity contribution in [1.29, 1.82) is 0 Å². The zero-order valence-corrected chi connectivity index (χ0v) is 10.7. The van der Waals surface area contributed by atoms with Gasteiger partial charge in [-0.05, 0) is 57.1 Å². The highest BCUT2D eigenvalue weighted by Gasteiger charge is 2.17. The highest BCUT2D eigenvalue weighted by atomic mass is 16.4. The Hall–Kier alpha value is -1.55. The van der Waals surface area contributed by atoms with E-state index in [0.29, 0.717) is 11.6 Å². The van der Waals surface area contributed by atoms with Crippen molar-refractivity contribution < 1.29 is 9.90 Å². The van der Waals surface area contributed by atoms with E-state index in [9.17, 15) is 4.79 Å². The van der Waals surface area contributed by atoms with E-state index in [1.807, 2.05) is 12.1 Å². The third-order valence-electron chi connectivity index (χ3n) is 3.50. The van der Waals surface area contributed by atoms with Crippen LogP contribution in [0.4, 0.5) is 5.69 Å². The van der Waals surface area contributed by atoms with E-state index in [2.05, 4.69) is 17.1 Å². The molecule has 0 aromatic heterocycles. The summed E-state index contributed by atoms with van der Waals surface area (Å²) in [5, 5.41) is 12.2. The van der Waals surface area contributed by atoms with Crippen LogP contribution >= 0.6 is 0 Å². The van der Waals surface area contributed by atoms with Gasteiger partial charge in [-0.15, -0.1) is 0 Å². The van der Waals surface area contributed by atoms with Crippen LogP contribution in [0.5, 0.6) is 0 Å². The maximum absolute atomic E-state index is 10.7. The Morgan fingerprint density at radius 3 is 2.50 bits per heavy atom. The number of benzene rings is 1. The smallest absolute Gasteiger partial charge is 0.335 e. The summed E-state index contributed by atoms with van der Waals surface area (Å²) in [5.74, 6) is -0.882. The molecule has 4 heteroatoms. The van der Waals surface area contributed by atoms with Crippen molar-refractivity contribution in [1.82, 2.24) is 4.90 Å². The van der Waals surface area contributed by atoms with Crippen LogP contribution in [0.3, 0.4) is 0 Å². The summed E-state index contributed by atoms with van der Waals surface area (Å²) in [6.07, 6.45) is 2.61. The number of carbonyl (C=O) groups is 1. The van der Waals surface area contributed by atoms with Gasteiger partial charge in [-0.3, -0.25) is 4.90 Å². The van der Waals surface area contributed by atoms with Crippen molar-refractivity contribution >= 4 is 11.7 Å². The van der Waals surface area contributed by atoms with Gasteiger partial charge < -0.3 is 10.4 Å². The monoisotopic (exact) mass is 248 g/mol. The van der Waals surface area contributed by atoms with Crippen molar-refractivity contribution in [2.24, 2.45) is 0 Å². The first-order valence-electron chi connectivity index (χ1n) is 6.48. The normalized spacial score (nSPS) is 17.6. The molecule has 1 unspecified atom stereocenters. The van der Waals surface area contributed by atoms with Gasteiger partial charge in [0.1, 0.15) is 0 Å². The number of carboxylic acid groups (broad SMARTS) is 1. The lowest BCUT2D eigenvalue weighted by atomic mass is 10.2.